The molecule has 0 spiro atoms. The van der Waals surface area contributed by atoms with Gasteiger partial charge >= 0.3 is 0 Å². The van der Waals surface area contributed by atoms with E-state index in [9.17, 15) is 4.39 Å². The molecule has 1 rings (SSSR count). The Morgan fingerprint density at radius 1 is 1.25 bits per heavy atom. The van der Waals surface area contributed by atoms with Crippen LogP contribution < -0.4 is 15.2 Å². The van der Waals surface area contributed by atoms with Gasteiger partial charge in [0, 0.05) is 11.6 Å². The van der Waals surface area contributed by atoms with Crippen LogP contribution in [0.25, 0.3) is 0 Å². The van der Waals surface area contributed by atoms with E-state index in [-0.39, 0.29) is 17.5 Å². The number of methoxy groups -OCH3 is 2. The van der Waals surface area contributed by atoms with E-state index >= 15 is 0 Å². The number of halogens is 1. The average molecular weight is 227 g/mol. The van der Waals surface area contributed by atoms with Crippen LogP contribution in [0, 0.1) is 5.82 Å². The molecule has 1 atom stereocenters. The van der Waals surface area contributed by atoms with Crippen molar-refractivity contribution in [3.63, 3.8) is 0 Å². The monoisotopic (exact) mass is 227 g/mol. The van der Waals surface area contributed by atoms with Crippen molar-refractivity contribution >= 4 is 0 Å². The molecule has 0 saturated carbocycles. The van der Waals surface area contributed by atoms with Gasteiger partial charge < -0.3 is 15.2 Å². The molecule has 4 heteroatoms. The Morgan fingerprint density at radius 2 is 1.88 bits per heavy atom. The highest BCUT2D eigenvalue weighted by atomic mass is 19.1. The van der Waals surface area contributed by atoms with Crippen LogP contribution in [0.2, 0.25) is 0 Å². The quantitative estimate of drug-likeness (QED) is 0.839. The maximum atomic E-state index is 13.6. The molecule has 0 aliphatic carbocycles. The van der Waals surface area contributed by atoms with Gasteiger partial charge in [-0.2, -0.15) is 0 Å². The second-order valence-electron chi connectivity index (χ2n) is 3.71. The summed E-state index contributed by atoms with van der Waals surface area (Å²) in [6.07, 6.45) is 0.794. The van der Waals surface area contributed by atoms with Crippen LogP contribution in [0.4, 0.5) is 4.39 Å². The lowest BCUT2D eigenvalue weighted by Crippen LogP contribution is -2.06. The first-order valence-electron chi connectivity index (χ1n) is 5.25. The highest BCUT2D eigenvalue weighted by Gasteiger charge is 2.15. The summed E-state index contributed by atoms with van der Waals surface area (Å²) >= 11 is 0. The Hall–Kier alpha value is -1.29. The molecule has 0 saturated heterocycles. The van der Waals surface area contributed by atoms with Crippen molar-refractivity contribution in [3.05, 3.63) is 23.5 Å². The molecule has 2 N–H and O–H groups in total. The predicted octanol–water partition coefficient (Wildman–Crippen LogP) is 2.30. The lowest BCUT2D eigenvalue weighted by atomic mass is 9.96. The summed E-state index contributed by atoms with van der Waals surface area (Å²) in [6.45, 7) is 2.56. The maximum Gasteiger partial charge on any atom is 0.165 e. The zero-order chi connectivity index (χ0) is 12.1. The van der Waals surface area contributed by atoms with Crippen molar-refractivity contribution in [1.29, 1.82) is 0 Å². The molecule has 1 unspecified atom stereocenters. The molecule has 0 aliphatic heterocycles. The van der Waals surface area contributed by atoms with Crippen molar-refractivity contribution in [2.24, 2.45) is 5.73 Å². The Kier molecular flexibility index (Phi) is 4.55. The molecule has 90 valence electrons. The third-order valence-corrected chi connectivity index (χ3v) is 2.63. The molecule has 0 amide bonds. The molecule has 1 aromatic carbocycles. The van der Waals surface area contributed by atoms with Crippen molar-refractivity contribution in [2.75, 3.05) is 20.8 Å². The Balaban J connectivity index is 3.12. The largest absolute Gasteiger partial charge is 0.496 e. The van der Waals surface area contributed by atoms with E-state index in [1.165, 1.54) is 13.2 Å². The summed E-state index contributed by atoms with van der Waals surface area (Å²) < 4.78 is 23.7. The highest BCUT2D eigenvalue weighted by Crippen LogP contribution is 2.33. The average Bonchev–Trinajstić information content (AvgIpc) is 2.29. The van der Waals surface area contributed by atoms with Gasteiger partial charge in [-0.3, -0.25) is 0 Å². The van der Waals surface area contributed by atoms with Gasteiger partial charge in [0.05, 0.1) is 14.2 Å². The summed E-state index contributed by atoms with van der Waals surface area (Å²) in [5, 5.41) is 0. The number of nitrogens with two attached hydrogens (primary N) is 1. The minimum absolute atomic E-state index is 0.167. The Labute approximate surface area is 95.4 Å². The molecular weight excluding hydrogens is 209 g/mol. The third kappa shape index (κ3) is 2.64. The van der Waals surface area contributed by atoms with Gasteiger partial charge in [0.1, 0.15) is 5.75 Å². The summed E-state index contributed by atoms with van der Waals surface area (Å²) in [4.78, 5) is 0. The van der Waals surface area contributed by atoms with Crippen LogP contribution in [0.1, 0.15) is 24.8 Å². The zero-order valence-electron chi connectivity index (χ0n) is 9.92. The van der Waals surface area contributed by atoms with Crippen LogP contribution >= 0.6 is 0 Å². The number of rotatable bonds is 5. The van der Waals surface area contributed by atoms with Crippen LogP contribution in [0.3, 0.4) is 0 Å². The SMILES string of the molecule is COc1cc(OC)c(C(C)CCN)cc1F. The Bertz CT molecular complexity index is 355. The molecule has 0 bridgehead atoms. The predicted molar refractivity (Wildman–Crippen MR) is 61.6 cm³/mol. The smallest absolute Gasteiger partial charge is 0.165 e. The van der Waals surface area contributed by atoms with Crippen molar-refractivity contribution in [2.45, 2.75) is 19.3 Å². The molecule has 0 heterocycles. The van der Waals surface area contributed by atoms with Gasteiger partial charge in [0.2, 0.25) is 0 Å². The van der Waals surface area contributed by atoms with Gasteiger partial charge in [-0.15, -0.1) is 0 Å². The highest BCUT2D eigenvalue weighted by molar-refractivity contribution is 5.43. The van der Waals surface area contributed by atoms with Gasteiger partial charge in [-0.05, 0) is 24.9 Å². The molecule has 0 aliphatic rings. The minimum atomic E-state index is -0.373. The van der Waals surface area contributed by atoms with Crippen LogP contribution in [-0.4, -0.2) is 20.8 Å². The zero-order valence-corrected chi connectivity index (χ0v) is 9.92. The van der Waals surface area contributed by atoms with Gasteiger partial charge in [0.15, 0.2) is 11.6 Å². The van der Waals surface area contributed by atoms with E-state index in [2.05, 4.69) is 0 Å². The summed E-state index contributed by atoms with van der Waals surface area (Å²) in [7, 11) is 2.99. The first-order valence-corrected chi connectivity index (χ1v) is 5.25. The van der Waals surface area contributed by atoms with E-state index in [4.69, 9.17) is 15.2 Å². The summed E-state index contributed by atoms with van der Waals surface area (Å²) in [5.41, 5.74) is 6.32. The fourth-order valence-electron chi connectivity index (χ4n) is 1.67. The maximum absolute atomic E-state index is 13.6. The molecule has 3 nitrogen and oxygen atoms in total. The number of hydrogen-bond acceptors (Lipinski definition) is 3. The fraction of sp³-hybridized carbons (Fsp3) is 0.500. The second kappa shape index (κ2) is 5.70. The number of ether oxygens (including phenoxy) is 2. The van der Waals surface area contributed by atoms with Crippen LogP contribution in [0.15, 0.2) is 12.1 Å². The van der Waals surface area contributed by atoms with E-state index in [0.29, 0.717) is 12.3 Å². The molecule has 0 fully saturated rings. The minimum Gasteiger partial charge on any atom is -0.496 e. The van der Waals surface area contributed by atoms with Crippen molar-refractivity contribution < 1.29 is 13.9 Å². The number of benzene rings is 1. The summed E-state index contributed by atoms with van der Waals surface area (Å²) in [5.74, 6) is 0.627. The topological polar surface area (TPSA) is 44.5 Å². The first kappa shape index (κ1) is 12.8. The van der Waals surface area contributed by atoms with Gasteiger partial charge in [-0.25, -0.2) is 4.39 Å². The standard InChI is InChI=1S/C12H18FNO2/c1-8(4-5-14)9-6-10(13)12(16-3)7-11(9)15-2/h6-8H,4-5,14H2,1-3H3. The normalized spacial score (nSPS) is 12.3. The van der Waals surface area contributed by atoms with Crippen molar-refractivity contribution in [3.8, 4) is 11.5 Å². The molecule has 16 heavy (non-hydrogen) atoms. The van der Waals surface area contributed by atoms with E-state index in [1.54, 1.807) is 13.2 Å². The van der Waals surface area contributed by atoms with E-state index in [1.807, 2.05) is 6.92 Å². The van der Waals surface area contributed by atoms with Gasteiger partial charge in [0.25, 0.3) is 0 Å². The molecule has 1 aromatic rings. The van der Waals surface area contributed by atoms with E-state index < -0.39 is 0 Å². The number of hydrogen-bond donors (Lipinski definition) is 1. The lowest BCUT2D eigenvalue weighted by molar-refractivity contribution is 0.369. The van der Waals surface area contributed by atoms with Crippen LogP contribution in [0.5, 0.6) is 11.5 Å². The fourth-order valence-corrected chi connectivity index (χ4v) is 1.67. The molecular formula is C12H18FNO2. The van der Waals surface area contributed by atoms with Crippen LogP contribution in [-0.2, 0) is 0 Å². The molecule has 0 radical (unpaired) electrons. The second-order valence-corrected chi connectivity index (χ2v) is 3.71. The molecule has 0 aromatic heterocycles. The lowest BCUT2D eigenvalue weighted by Gasteiger charge is -2.16. The first-order chi connectivity index (χ1) is 7.63. The summed E-state index contributed by atoms with van der Waals surface area (Å²) in [6, 6.07) is 3.02. The Morgan fingerprint density at radius 3 is 2.38 bits per heavy atom. The van der Waals surface area contributed by atoms with Crippen molar-refractivity contribution in [1.82, 2.24) is 0 Å². The van der Waals surface area contributed by atoms with E-state index in [0.717, 1.165) is 12.0 Å². The van der Waals surface area contributed by atoms with Gasteiger partial charge in [-0.1, -0.05) is 6.92 Å². The third-order valence-electron chi connectivity index (χ3n) is 2.63.